The minimum Gasteiger partial charge on any atom is -0.356 e. The number of halogens is 2. The first kappa shape index (κ1) is 26.8. The zero-order valence-corrected chi connectivity index (χ0v) is 25.7. The third-order valence-corrected chi connectivity index (χ3v) is 12.1. The second kappa shape index (κ2) is 11.3. The average Bonchev–Trinajstić information content (AvgIpc) is 2.82. The van der Waals surface area contributed by atoms with Gasteiger partial charge in [0.15, 0.2) is 10.2 Å². The summed E-state index contributed by atoms with van der Waals surface area (Å²) in [6.45, 7) is 2.30. The molecule has 0 amide bonds. The van der Waals surface area contributed by atoms with Crippen LogP contribution in [0.2, 0.25) is 6.55 Å². The quantitative estimate of drug-likeness (QED) is 0.243. The first-order chi connectivity index (χ1) is 16.1. The number of nitrogens with zero attached hydrogens (tertiary/aromatic N) is 4. The molecule has 34 heavy (non-hydrogen) atoms. The molecule has 0 unspecified atom stereocenters. The summed E-state index contributed by atoms with van der Waals surface area (Å²) in [5.41, 5.74) is 2.03. The molecular weight excluding hydrogens is 608 g/mol. The van der Waals surface area contributed by atoms with Gasteiger partial charge in [0.2, 0.25) is 0 Å². The Kier molecular flexibility index (Phi) is 8.91. The largest absolute Gasteiger partial charge is 0.356 e. The van der Waals surface area contributed by atoms with Crippen LogP contribution in [0, 0.1) is 0 Å². The Balaban J connectivity index is 2.40. The lowest BCUT2D eigenvalue weighted by Gasteiger charge is -2.50. The van der Waals surface area contributed by atoms with E-state index < -0.39 is 8.40 Å². The van der Waals surface area contributed by atoms with Crippen LogP contribution < -0.4 is 14.3 Å². The van der Waals surface area contributed by atoms with Crippen LogP contribution in [0.25, 0.3) is 0 Å². The summed E-state index contributed by atoms with van der Waals surface area (Å²) in [5, 5.41) is 2.64. The molecule has 0 aromatic heterocycles. The molecule has 0 aliphatic carbocycles. The highest BCUT2D eigenvalue weighted by molar-refractivity contribution is 9.10. The SMILES string of the molecule is CN(C)C(=S)N(c1ccc(Br)cc1)[Si](C)(c1ccccc1)N(C(=S)N(C)C)c1ccc(Br)cc1. The Morgan fingerprint density at radius 3 is 1.29 bits per heavy atom. The number of benzene rings is 3. The van der Waals surface area contributed by atoms with Gasteiger partial charge in [-0.15, -0.1) is 0 Å². The van der Waals surface area contributed by atoms with Crippen LogP contribution >= 0.6 is 56.3 Å². The molecule has 0 radical (unpaired) electrons. The van der Waals surface area contributed by atoms with Crippen LogP contribution in [-0.2, 0) is 0 Å². The van der Waals surface area contributed by atoms with Gasteiger partial charge in [0, 0.05) is 48.5 Å². The minimum absolute atomic E-state index is 0.726. The van der Waals surface area contributed by atoms with Crippen LogP contribution in [0.3, 0.4) is 0 Å². The zero-order valence-electron chi connectivity index (χ0n) is 19.9. The van der Waals surface area contributed by atoms with Crippen molar-refractivity contribution in [3.63, 3.8) is 0 Å². The van der Waals surface area contributed by atoms with Crippen LogP contribution in [0.1, 0.15) is 0 Å². The Bertz CT molecular complexity index is 1070. The van der Waals surface area contributed by atoms with E-state index in [1.54, 1.807) is 0 Å². The number of hydrogen-bond donors (Lipinski definition) is 0. The fourth-order valence-electron chi connectivity index (χ4n) is 3.79. The number of anilines is 2. The van der Waals surface area contributed by atoms with Crippen molar-refractivity contribution in [1.29, 1.82) is 0 Å². The maximum atomic E-state index is 6.09. The first-order valence-corrected chi connectivity index (χ1v) is 15.5. The van der Waals surface area contributed by atoms with Gasteiger partial charge in [-0.1, -0.05) is 62.2 Å². The first-order valence-electron chi connectivity index (χ1n) is 10.7. The highest BCUT2D eigenvalue weighted by Crippen LogP contribution is 2.32. The third-order valence-electron chi connectivity index (χ3n) is 5.51. The summed E-state index contributed by atoms with van der Waals surface area (Å²) in [7, 11) is 5.07. The molecule has 0 atom stereocenters. The molecule has 0 fully saturated rings. The lowest BCUT2D eigenvalue weighted by Crippen LogP contribution is -2.76. The van der Waals surface area contributed by atoms with Crippen LogP contribution in [-0.4, -0.2) is 56.6 Å². The average molecular weight is 637 g/mol. The van der Waals surface area contributed by atoms with E-state index in [1.807, 2.05) is 44.1 Å². The molecule has 9 heteroatoms. The summed E-state index contributed by atoms with van der Waals surface area (Å²) in [6, 6.07) is 27.2. The van der Waals surface area contributed by atoms with Gasteiger partial charge in [-0.3, -0.25) is 0 Å². The van der Waals surface area contributed by atoms with Crippen molar-refractivity contribution < 1.29 is 0 Å². The summed E-state index contributed by atoms with van der Waals surface area (Å²) >= 11 is 19.3. The third kappa shape index (κ3) is 5.54. The second-order valence-corrected chi connectivity index (χ2v) is 14.4. The van der Waals surface area contributed by atoms with Gasteiger partial charge in [-0.2, -0.15) is 0 Å². The molecule has 3 aromatic rings. The molecule has 178 valence electrons. The zero-order chi connectivity index (χ0) is 25.0. The fraction of sp³-hybridized carbons (Fsp3) is 0.200. The fourth-order valence-corrected chi connectivity index (χ4v) is 9.58. The van der Waals surface area contributed by atoms with Crippen molar-refractivity contribution in [2.24, 2.45) is 0 Å². The van der Waals surface area contributed by atoms with Gasteiger partial charge in [-0.25, -0.2) is 0 Å². The molecule has 0 aliphatic heterocycles. The Morgan fingerprint density at radius 2 is 0.971 bits per heavy atom. The van der Waals surface area contributed by atoms with E-state index in [0.717, 1.165) is 30.5 Å². The number of rotatable bonds is 5. The molecule has 0 bridgehead atoms. The van der Waals surface area contributed by atoms with E-state index >= 15 is 0 Å². The smallest absolute Gasteiger partial charge is 0.307 e. The lowest BCUT2D eigenvalue weighted by atomic mass is 10.3. The van der Waals surface area contributed by atoms with Crippen molar-refractivity contribution in [2.45, 2.75) is 6.55 Å². The van der Waals surface area contributed by atoms with E-state index in [-0.39, 0.29) is 0 Å². The molecule has 0 spiro atoms. The predicted octanol–water partition coefficient (Wildman–Crippen LogP) is 6.20. The van der Waals surface area contributed by atoms with Gasteiger partial charge in [0.1, 0.15) is 0 Å². The maximum absolute atomic E-state index is 6.09. The van der Waals surface area contributed by atoms with Crippen LogP contribution in [0.15, 0.2) is 87.8 Å². The van der Waals surface area contributed by atoms with Gasteiger partial charge < -0.3 is 18.9 Å². The Morgan fingerprint density at radius 1 is 0.618 bits per heavy atom. The number of thiocarbonyl (C=S) groups is 2. The predicted molar refractivity (Wildman–Crippen MR) is 164 cm³/mol. The normalized spacial score (nSPS) is 11.0. The van der Waals surface area contributed by atoms with E-state index in [1.165, 1.54) is 5.19 Å². The van der Waals surface area contributed by atoms with Crippen molar-refractivity contribution in [1.82, 2.24) is 9.80 Å². The summed E-state index contributed by atoms with van der Waals surface area (Å²) in [5.74, 6) is 0. The summed E-state index contributed by atoms with van der Waals surface area (Å²) in [6.07, 6.45) is 0. The minimum atomic E-state index is -2.88. The van der Waals surface area contributed by atoms with E-state index in [2.05, 4.69) is 120 Å². The van der Waals surface area contributed by atoms with Crippen LogP contribution in [0.4, 0.5) is 11.4 Å². The van der Waals surface area contributed by atoms with Crippen molar-refractivity contribution in [2.75, 3.05) is 37.3 Å². The molecule has 4 nitrogen and oxygen atoms in total. The van der Waals surface area contributed by atoms with Gasteiger partial charge in [0.05, 0.1) is 0 Å². The number of hydrogen-bond acceptors (Lipinski definition) is 2. The summed E-state index contributed by atoms with van der Waals surface area (Å²) in [4.78, 5) is 3.98. The van der Waals surface area contributed by atoms with Gasteiger partial charge in [-0.05, 0) is 84.7 Å². The molecule has 0 aliphatic rings. The molecule has 0 saturated carbocycles. The molecule has 0 heterocycles. The highest BCUT2D eigenvalue weighted by Gasteiger charge is 2.48. The van der Waals surface area contributed by atoms with Crippen molar-refractivity contribution >= 4 is 91.5 Å². The van der Waals surface area contributed by atoms with Crippen molar-refractivity contribution in [3.05, 3.63) is 87.8 Å². The summed E-state index contributed by atoms with van der Waals surface area (Å²) < 4.78 is 6.65. The van der Waals surface area contributed by atoms with Crippen molar-refractivity contribution in [3.8, 4) is 0 Å². The molecule has 3 rings (SSSR count). The van der Waals surface area contributed by atoms with Crippen LogP contribution in [0.5, 0.6) is 0 Å². The molecular formula is C25H28Br2N4S2Si. The maximum Gasteiger partial charge on any atom is 0.307 e. The van der Waals surface area contributed by atoms with E-state index in [4.69, 9.17) is 24.4 Å². The topological polar surface area (TPSA) is 13.0 Å². The monoisotopic (exact) mass is 634 g/mol. The Labute approximate surface area is 231 Å². The molecule has 3 aromatic carbocycles. The molecule has 0 saturated heterocycles. The highest BCUT2D eigenvalue weighted by atomic mass is 79.9. The van der Waals surface area contributed by atoms with Gasteiger partial charge in [0.25, 0.3) is 0 Å². The molecule has 0 N–H and O–H groups in total. The Hall–Kier alpha value is -1.78. The van der Waals surface area contributed by atoms with E-state index in [9.17, 15) is 0 Å². The standard InChI is InChI=1S/C25H28Br2N4S2Si/c1-28(2)24(32)30(21-15-11-19(26)12-16-21)34(5,23-9-7-6-8-10-23)31(25(33)29(3)4)22-17-13-20(27)14-18-22/h6-18H,1-5H3. The lowest BCUT2D eigenvalue weighted by molar-refractivity contribution is 0.623. The van der Waals surface area contributed by atoms with E-state index in [0.29, 0.717) is 0 Å². The van der Waals surface area contributed by atoms with Gasteiger partial charge >= 0.3 is 8.40 Å². The second-order valence-electron chi connectivity index (χ2n) is 8.36.